The first-order valence-electron chi connectivity index (χ1n) is 5.14. The van der Waals surface area contributed by atoms with Crippen LogP contribution in [0.1, 0.15) is 6.42 Å². The van der Waals surface area contributed by atoms with Gasteiger partial charge in [-0.3, -0.25) is 4.90 Å². The number of hydrogen-bond acceptors (Lipinski definition) is 3. The van der Waals surface area contributed by atoms with Crippen LogP contribution in [-0.4, -0.2) is 29.7 Å². The average Bonchev–Trinajstić information content (AvgIpc) is 2.83. The Kier molecular flexibility index (Phi) is 3.26. The molecule has 0 radical (unpaired) electrons. The Morgan fingerprint density at radius 1 is 1.38 bits per heavy atom. The number of carbonyl (C=O) groups is 1. The Morgan fingerprint density at radius 3 is 2.75 bits per heavy atom. The van der Waals surface area contributed by atoms with Crippen LogP contribution in [0.15, 0.2) is 42.6 Å². The predicted molar refractivity (Wildman–Crippen MR) is 61.0 cm³/mol. The molecule has 1 N–H and O–H groups in total. The topological polar surface area (TPSA) is 49.8 Å². The molecule has 1 aromatic carbocycles. The summed E-state index contributed by atoms with van der Waals surface area (Å²) in [5.74, 6) is 0. The van der Waals surface area contributed by atoms with E-state index < -0.39 is 13.2 Å². The van der Waals surface area contributed by atoms with Crippen molar-refractivity contribution in [3.05, 3.63) is 42.6 Å². The Labute approximate surface area is 94.3 Å². The summed E-state index contributed by atoms with van der Waals surface area (Å²) in [6, 6.07) is 8.81. The molecule has 1 aliphatic rings. The van der Waals surface area contributed by atoms with Crippen LogP contribution in [0.2, 0.25) is 0 Å². The molecule has 0 bridgehead atoms. The average molecular weight is 217 g/mol. The van der Waals surface area contributed by atoms with E-state index in [-0.39, 0.29) is 0 Å². The van der Waals surface area contributed by atoms with Gasteiger partial charge < -0.3 is 9.68 Å². The van der Waals surface area contributed by atoms with Crippen LogP contribution in [0.4, 0.5) is 4.79 Å². The van der Waals surface area contributed by atoms with E-state index in [2.05, 4.69) is 0 Å². The quantitative estimate of drug-likeness (QED) is 0.743. The summed E-state index contributed by atoms with van der Waals surface area (Å²) < 4.78 is 4.91. The van der Waals surface area contributed by atoms with Gasteiger partial charge in [-0.15, -0.1) is 0 Å². The number of benzene rings is 1. The van der Waals surface area contributed by atoms with Crippen LogP contribution in [-0.2, 0) is 4.65 Å². The minimum absolute atomic E-state index is 0.523. The molecule has 5 heteroatoms. The van der Waals surface area contributed by atoms with Crippen LogP contribution in [0, 0.1) is 0 Å². The molecule has 0 unspecified atom stereocenters. The first-order valence-corrected chi connectivity index (χ1v) is 5.14. The maximum atomic E-state index is 11.5. The maximum Gasteiger partial charge on any atom is 0.563 e. The van der Waals surface area contributed by atoms with Crippen molar-refractivity contribution >= 4 is 18.7 Å². The third-order valence-corrected chi connectivity index (χ3v) is 2.35. The van der Waals surface area contributed by atoms with E-state index in [9.17, 15) is 9.82 Å². The van der Waals surface area contributed by atoms with Crippen molar-refractivity contribution in [3.8, 4) is 0 Å². The summed E-state index contributed by atoms with van der Waals surface area (Å²) in [4.78, 5) is 13.0. The summed E-state index contributed by atoms with van der Waals surface area (Å²) in [7, 11) is -1.21. The second-order valence-electron chi connectivity index (χ2n) is 3.51. The van der Waals surface area contributed by atoms with Gasteiger partial charge in [-0.05, 0) is 11.9 Å². The van der Waals surface area contributed by atoms with Crippen molar-refractivity contribution in [2.24, 2.45) is 0 Å². The summed E-state index contributed by atoms with van der Waals surface area (Å²) in [6.07, 6.45) is 3.86. The summed E-state index contributed by atoms with van der Waals surface area (Å²) in [5, 5.41) is 9.66. The molecule has 0 atom stereocenters. The zero-order valence-electron chi connectivity index (χ0n) is 8.74. The second kappa shape index (κ2) is 4.85. The van der Waals surface area contributed by atoms with E-state index in [1.165, 1.54) is 4.90 Å². The van der Waals surface area contributed by atoms with E-state index in [0.29, 0.717) is 12.0 Å². The third-order valence-electron chi connectivity index (χ3n) is 2.35. The van der Waals surface area contributed by atoms with Gasteiger partial charge in [-0.2, -0.15) is 0 Å². The molecule has 82 valence electrons. The van der Waals surface area contributed by atoms with Gasteiger partial charge in [0.15, 0.2) is 0 Å². The lowest BCUT2D eigenvalue weighted by atomic mass is 9.80. The number of hydrogen-bond donors (Lipinski definition) is 1. The summed E-state index contributed by atoms with van der Waals surface area (Å²) in [6.45, 7) is 0.611. The Hall–Kier alpha value is -1.75. The van der Waals surface area contributed by atoms with Crippen LogP contribution in [0.3, 0.4) is 0 Å². The molecule has 1 amide bonds. The molecular weight excluding hydrogens is 205 g/mol. The second-order valence-corrected chi connectivity index (χ2v) is 3.51. The molecule has 1 aliphatic heterocycles. The highest BCUT2D eigenvalue weighted by atomic mass is 16.6. The minimum atomic E-state index is -1.21. The highest BCUT2D eigenvalue weighted by Crippen LogP contribution is 2.06. The maximum absolute atomic E-state index is 11.5. The van der Waals surface area contributed by atoms with E-state index >= 15 is 0 Å². The van der Waals surface area contributed by atoms with Gasteiger partial charge in [0.2, 0.25) is 0 Å². The van der Waals surface area contributed by atoms with Crippen molar-refractivity contribution in [2.45, 2.75) is 6.42 Å². The van der Waals surface area contributed by atoms with Gasteiger partial charge >= 0.3 is 13.2 Å². The largest absolute Gasteiger partial charge is 0.563 e. The van der Waals surface area contributed by atoms with Crippen molar-refractivity contribution in [1.29, 1.82) is 0 Å². The number of rotatable bonds is 2. The van der Waals surface area contributed by atoms with Crippen molar-refractivity contribution in [2.75, 3.05) is 6.54 Å². The summed E-state index contributed by atoms with van der Waals surface area (Å²) in [5.41, 5.74) is 0.569. The lowest BCUT2D eigenvalue weighted by Gasteiger charge is -2.15. The summed E-state index contributed by atoms with van der Waals surface area (Å²) >= 11 is 0. The first kappa shape index (κ1) is 10.8. The smallest absolute Gasteiger partial charge is 0.489 e. The van der Waals surface area contributed by atoms with Crippen LogP contribution in [0.25, 0.3) is 0 Å². The molecule has 4 nitrogen and oxygen atoms in total. The van der Waals surface area contributed by atoms with Crippen molar-refractivity contribution < 1.29 is 14.5 Å². The zero-order valence-corrected chi connectivity index (χ0v) is 8.74. The van der Waals surface area contributed by atoms with E-state index in [1.807, 2.05) is 12.1 Å². The van der Waals surface area contributed by atoms with E-state index in [0.717, 1.165) is 6.42 Å². The van der Waals surface area contributed by atoms with Gasteiger partial charge in [-0.25, -0.2) is 4.79 Å². The monoisotopic (exact) mass is 217 g/mol. The fourth-order valence-corrected chi connectivity index (χ4v) is 1.49. The lowest BCUT2D eigenvalue weighted by Crippen LogP contribution is -2.39. The first-order chi connectivity index (χ1) is 7.77. The van der Waals surface area contributed by atoms with Gasteiger partial charge in [0, 0.05) is 12.7 Å². The number of amides is 1. The Balaban J connectivity index is 1.94. The molecule has 0 aliphatic carbocycles. The number of nitrogens with zero attached hydrogens (tertiary/aromatic N) is 1. The molecular formula is C11H12BNO3. The van der Waals surface area contributed by atoms with Crippen LogP contribution in [0.5, 0.6) is 0 Å². The molecule has 0 spiro atoms. The highest BCUT2D eigenvalue weighted by Gasteiger charge is 2.24. The SMILES string of the molecule is O=C(OB(O)c1ccccc1)N1C=CCC1. The van der Waals surface area contributed by atoms with Crippen LogP contribution >= 0.6 is 0 Å². The number of carbonyl (C=O) groups excluding carboxylic acids is 1. The Bertz CT molecular complexity index is 393. The third kappa shape index (κ3) is 2.43. The van der Waals surface area contributed by atoms with Crippen LogP contribution < -0.4 is 5.46 Å². The molecule has 0 saturated heterocycles. The minimum Gasteiger partial charge on any atom is -0.489 e. The molecule has 0 aromatic heterocycles. The van der Waals surface area contributed by atoms with E-state index in [1.54, 1.807) is 30.5 Å². The standard InChI is InChI=1S/C11H12BNO3/c14-11(13-8-4-5-9-13)16-12(15)10-6-2-1-3-7-10/h1-4,6-8,15H,5,9H2. The zero-order chi connectivity index (χ0) is 11.4. The fraction of sp³-hybridized carbons (Fsp3) is 0.182. The lowest BCUT2D eigenvalue weighted by molar-refractivity contribution is 0.165. The molecule has 16 heavy (non-hydrogen) atoms. The molecule has 1 aromatic rings. The highest BCUT2D eigenvalue weighted by molar-refractivity contribution is 6.61. The Morgan fingerprint density at radius 2 is 2.12 bits per heavy atom. The molecule has 2 rings (SSSR count). The van der Waals surface area contributed by atoms with Crippen molar-refractivity contribution in [3.63, 3.8) is 0 Å². The fourth-order valence-electron chi connectivity index (χ4n) is 1.49. The van der Waals surface area contributed by atoms with Gasteiger partial charge in [0.1, 0.15) is 0 Å². The predicted octanol–water partition coefficient (Wildman–Crippen LogP) is 0.730. The van der Waals surface area contributed by atoms with Crippen molar-refractivity contribution in [1.82, 2.24) is 4.90 Å². The van der Waals surface area contributed by atoms with Gasteiger partial charge in [0.25, 0.3) is 0 Å². The molecule has 0 saturated carbocycles. The van der Waals surface area contributed by atoms with E-state index in [4.69, 9.17) is 4.65 Å². The molecule has 1 heterocycles. The van der Waals surface area contributed by atoms with Gasteiger partial charge in [0.05, 0.1) is 0 Å². The molecule has 0 fully saturated rings. The van der Waals surface area contributed by atoms with Gasteiger partial charge in [-0.1, -0.05) is 36.4 Å². The normalized spacial score (nSPS) is 13.9.